The average molecular weight is 228 g/mol. The number of hydrogen-bond donors (Lipinski definition) is 2. The molecule has 0 fully saturated rings. The maximum absolute atomic E-state index is 9.22. The fourth-order valence-corrected chi connectivity index (χ4v) is 1.80. The van der Waals surface area contributed by atoms with Gasteiger partial charge in [0.1, 0.15) is 5.75 Å². The monoisotopic (exact) mass is 228 g/mol. The standard InChI is InChI=1S/C14H16N2O/c1-16(14-5-3-2-4-13(14)15)10-11-6-8-12(17)9-7-11/h2-9,17H,10,15H2,1H3. The normalized spacial score (nSPS) is 10.2. The van der Waals surface area contributed by atoms with Crippen LogP contribution >= 0.6 is 0 Å². The maximum atomic E-state index is 9.22. The van der Waals surface area contributed by atoms with Gasteiger partial charge in [-0.15, -0.1) is 0 Å². The molecule has 0 saturated carbocycles. The Morgan fingerprint density at radius 2 is 1.71 bits per heavy atom. The van der Waals surface area contributed by atoms with Gasteiger partial charge in [0.25, 0.3) is 0 Å². The highest BCUT2D eigenvalue weighted by molar-refractivity contribution is 5.66. The largest absolute Gasteiger partial charge is 0.508 e. The summed E-state index contributed by atoms with van der Waals surface area (Å²) in [4.78, 5) is 2.09. The van der Waals surface area contributed by atoms with Gasteiger partial charge in [0, 0.05) is 13.6 Å². The first-order valence-electron chi connectivity index (χ1n) is 5.50. The van der Waals surface area contributed by atoms with Gasteiger partial charge in [-0.1, -0.05) is 24.3 Å². The van der Waals surface area contributed by atoms with Crippen molar-refractivity contribution in [3.8, 4) is 5.75 Å². The number of nitrogen functional groups attached to an aromatic ring is 1. The van der Waals surface area contributed by atoms with Crippen LogP contribution < -0.4 is 10.6 Å². The van der Waals surface area contributed by atoms with E-state index < -0.39 is 0 Å². The molecule has 0 heterocycles. The number of anilines is 2. The molecule has 2 aromatic carbocycles. The number of hydrogen-bond acceptors (Lipinski definition) is 3. The lowest BCUT2D eigenvalue weighted by Crippen LogP contribution is -2.17. The minimum Gasteiger partial charge on any atom is -0.508 e. The average Bonchev–Trinajstić information content (AvgIpc) is 2.32. The molecule has 3 N–H and O–H groups in total. The van der Waals surface area contributed by atoms with Crippen LogP contribution in [0.15, 0.2) is 48.5 Å². The fraction of sp³-hybridized carbons (Fsp3) is 0.143. The maximum Gasteiger partial charge on any atom is 0.115 e. The number of para-hydroxylation sites is 2. The highest BCUT2D eigenvalue weighted by Gasteiger charge is 2.04. The van der Waals surface area contributed by atoms with Gasteiger partial charge in [-0.05, 0) is 29.8 Å². The second-order valence-electron chi connectivity index (χ2n) is 4.08. The van der Waals surface area contributed by atoms with Gasteiger partial charge in [0.15, 0.2) is 0 Å². The van der Waals surface area contributed by atoms with Gasteiger partial charge >= 0.3 is 0 Å². The molecule has 0 radical (unpaired) electrons. The number of phenolic OH excluding ortho intramolecular Hbond substituents is 1. The molecule has 0 atom stereocenters. The highest BCUT2D eigenvalue weighted by atomic mass is 16.3. The van der Waals surface area contributed by atoms with E-state index in [2.05, 4.69) is 4.90 Å². The topological polar surface area (TPSA) is 49.5 Å². The Morgan fingerprint density at radius 1 is 1.06 bits per heavy atom. The molecule has 2 aromatic rings. The minimum atomic E-state index is 0.288. The molecular formula is C14H16N2O. The van der Waals surface area contributed by atoms with E-state index in [0.29, 0.717) is 0 Å². The van der Waals surface area contributed by atoms with Crippen molar-refractivity contribution in [1.82, 2.24) is 0 Å². The van der Waals surface area contributed by atoms with E-state index in [1.54, 1.807) is 12.1 Å². The smallest absolute Gasteiger partial charge is 0.115 e. The molecule has 0 amide bonds. The van der Waals surface area contributed by atoms with Gasteiger partial charge in [-0.25, -0.2) is 0 Å². The van der Waals surface area contributed by atoms with Crippen molar-refractivity contribution >= 4 is 11.4 Å². The number of phenols is 1. The SMILES string of the molecule is CN(Cc1ccc(O)cc1)c1ccccc1N. The van der Waals surface area contributed by atoms with Crippen molar-refractivity contribution in [2.45, 2.75) is 6.54 Å². The summed E-state index contributed by atoms with van der Waals surface area (Å²) in [5.41, 5.74) is 8.84. The van der Waals surface area contributed by atoms with Gasteiger partial charge in [0.2, 0.25) is 0 Å². The van der Waals surface area contributed by atoms with Crippen molar-refractivity contribution in [1.29, 1.82) is 0 Å². The lowest BCUT2D eigenvalue weighted by Gasteiger charge is -2.21. The second kappa shape index (κ2) is 4.78. The number of nitrogens with two attached hydrogens (primary N) is 1. The molecule has 0 saturated heterocycles. The van der Waals surface area contributed by atoms with E-state index in [-0.39, 0.29) is 5.75 Å². The van der Waals surface area contributed by atoms with Gasteiger partial charge < -0.3 is 15.7 Å². The Balaban J connectivity index is 2.14. The quantitative estimate of drug-likeness (QED) is 0.794. The van der Waals surface area contributed by atoms with Crippen LogP contribution in [0.5, 0.6) is 5.75 Å². The molecule has 0 aromatic heterocycles. The van der Waals surface area contributed by atoms with E-state index in [1.807, 2.05) is 43.4 Å². The van der Waals surface area contributed by atoms with Crippen LogP contribution in [0.1, 0.15) is 5.56 Å². The van der Waals surface area contributed by atoms with Crippen molar-refractivity contribution in [3.05, 3.63) is 54.1 Å². The number of aromatic hydroxyl groups is 1. The highest BCUT2D eigenvalue weighted by Crippen LogP contribution is 2.23. The lowest BCUT2D eigenvalue weighted by molar-refractivity contribution is 0.475. The zero-order chi connectivity index (χ0) is 12.3. The van der Waals surface area contributed by atoms with Crippen LogP contribution in [0.3, 0.4) is 0 Å². The molecule has 88 valence electrons. The Labute approximate surface area is 101 Å². The summed E-state index contributed by atoms with van der Waals surface area (Å²) in [7, 11) is 2.00. The van der Waals surface area contributed by atoms with Crippen LogP contribution in [0, 0.1) is 0 Å². The van der Waals surface area contributed by atoms with Crippen LogP contribution in [0.4, 0.5) is 11.4 Å². The van der Waals surface area contributed by atoms with E-state index in [1.165, 1.54) is 0 Å². The summed E-state index contributed by atoms with van der Waals surface area (Å²) in [5, 5.41) is 9.22. The lowest BCUT2D eigenvalue weighted by atomic mass is 10.2. The summed E-state index contributed by atoms with van der Waals surface area (Å²) in [6, 6.07) is 15.0. The van der Waals surface area contributed by atoms with Crippen molar-refractivity contribution in [3.63, 3.8) is 0 Å². The summed E-state index contributed by atoms with van der Waals surface area (Å²) < 4.78 is 0. The molecule has 3 nitrogen and oxygen atoms in total. The van der Waals surface area contributed by atoms with Gasteiger partial charge in [-0.2, -0.15) is 0 Å². The molecule has 2 rings (SSSR count). The third kappa shape index (κ3) is 2.69. The first-order chi connectivity index (χ1) is 8.16. The minimum absolute atomic E-state index is 0.288. The summed E-state index contributed by atoms with van der Waals surface area (Å²) in [5.74, 6) is 0.288. The fourth-order valence-electron chi connectivity index (χ4n) is 1.80. The summed E-state index contributed by atoms with van der Waals surface area (Å²) in [6.07, 6.45) is 0. The van der Waals surface area contributed by atoms with E-state index in [9.17, 15) is 5.11 Å². The molecule has 3 heteroatoms. The van der Waals surface area contributed by atoms with Crippen molar-refractivity contribution in [2.24, 2.45) is 0 Å². The van der Waals surface area contributed by atoms with Gasteiger partial charge in [-0.3, -0.25) is 0 Å². The van der Waals surface area contributed by atoms with E-state index in [0.717, 1.165) is 23.5 Å². The van der Waals surface area contributed by atoms with E-state index >= 15 is 0 Å². The number of nitrogens with zero attached hydrogens (tertiary/aromatic N) is 1. The van der Waals surface area contributed by atoms with Crippen molar-refractivity contribution < 1.29 is 5.11 Å². The van der Waals surface area contributed by atoms with Gasteiger partial charge in [0.05, 0.1) is 11.4 Å². The van der Waals surface area contributed by atoms with Crippen LogP contribution in [-0.2, 0) is 6.54 Å². The predicted molar refractivity (Wildman–Crippen MR) is 71.1 cm³/mol. The van der Waals surface area contributed by atoms with Crippen LogP contribution in [-0.4, -0.2) is 12.2 Å². The summed E-state index contributed by atoms with van der Waals surface area (Å²) in [6.45, 7) is 0.758. The predicted octanol–water partition coefficient (Wildman–Crippen LogP) is 2.61. The molecule has 0 unspecified atom stereocenters. The number of benzene rings is 2. The Hall–Kier alpha value is -2.16. The molecule has 0 bridgehead atoms. The first kappa shape index (κ1) is 11.3. The molecule has 17 heavy (non-hydrogen) atoms. The van der Waals surface area contributed by atoms with Crippen molar-refractivity contribution in [2.75, 3.05) is 17.7 Å². The van der Waals surface area contributed by atoms with E-state index in [4.69, 9.17) is 5.73 Å². The third-order valence-electron chi connectivity index (χ3n) is 2.70. The molecule has 0 spiro atoms. The first-order valence-corrected chi connectivity index (χ1v) is 5.50. The van der Waals surface area contributed by atoms with Crippen LogP contribution in [0.2, 0.25) is 0 Å². The molecule has 0 aliphatic carbocycles. The molecular weight excluding hydrogens is 212 g/mol. The molecule has 0 aliphatic heterocycles. The number of rotatable bonds is 3. The molecule has 0 aliphatic rings. The second-order valence-corrected chi connectivity index (χ2v) is 4.08. The Morgan fingerprint density at radius 3 is 2.35 bits per heavy atom. The summed E-state index contributed by atoms with van der Waals surface area (Å²) >= 11 is 0. The van der Waals surface area contributed by atoms with Crippen LogP contribution in [0.25, 0.3) is 0 Å². The third-order valence-corrected chi connectivity index (χ3v) is 2.70. The Bertz CT molecular complexity index is 494. The zero-order valence-electron chi connectivity index (χ0n) is 9.80. The zero-order valence-corrected chi connectivity index (χ0v) is 9.80. The Kier molecular flexibility index (Phi) is 3.19.